The predicted molar refractivity (Wildman–Crippen MR) is 81.9 cm³/mol. The molecule has 2 aromatic carbocycles. The molecular formula is C14H11Cl2N3O. The molecule has 4 nitrogen and oxygen atoms in total. The van der Waals surface area contributed by atoms with Crippen LogP contribution in [0.15, 0.2) is 30.3 Å². The fraction of sp³-hybridized carbons (Fsp3) is 0.0714. The number of nitrogens with zero attached hydrogens (tertiary/aromatic N) is 1. The molecule has 0 aliphatic heterocycles. The Bertz CT molecular complexity index is 672. The Morgan fingerprint density at radius 2 is 1.85 bits per heavy atom. The number of benzene rings is 2. The van der Waals surface area contributed by atoms with Crippen LogP contribution in [-0.2, 0) is 0 Å². The second-order valence-electron chi connectivity index (χ2n) is 3.98. The van der Waals surface area contributed by atoms with Gasteiger partial charge in [-0.2, -0.15) is 5.26 Å². The van der Waals surface area contributed by atoms with Gasteiger partial charge in [0.1, 0.15) is 11.8 Å². The van der Waals surface area contributed by atoms with Crippen LogP contribution in [0.4, 0.5) is 17.1 Å². The fourth-order valence-corrected chi connectivity index (χ4v) is 2.36. The third-order valence-corrected chi connectivity index (χ3v) is 3.28. The molecule has 0 aromatic heterocycles. The molecule has 0 saturated heterocycles. The Morgan fingerprint density at radius 3 is 2.40 bits per heavy atom. The molecule has 0 spiro atoms. The molecule has 0 bridgehead atoms. The molecule has 20 heavy (non-hydrogen) atoms. The summed E-state index contributed by atoms with van der Waals surface area (Å²) in [5.74, 6) is 0.521. The zero-order valence-electron chi connectivity index (χ0n) is 10.6. The summed E-state index contributed by atoms with van der Waals surface area (Å²) in [6.45, 7) is 0. The fourth-order valence-electron chi connectivity index (χ4n) is 1.76. The van der Waals surface area contributed by atoms with Gasteiger partial charge in [-0.25, -0.2) is 0 Å². The first-order chi connectivity index (χ1) is 9.56. The molecule has 0 unspecified atom stereocenters. The largest absolute Gasteiger partial charge is 0.495 e. The molecule has 0 aliphatic carbocycles. The topological polar surface area (TPSA) is 71.1 Å². The van der Waals surface area contributed by atoms with Crippen molar-refractivity contribution in [2.75, 3.05) is 18.2 Å². The van der Waals surface area contributed by atoms with Crippen molar-refractivity contribution in [3.8, 4) is 11.8 Å². The maximum Gasteiger partial charge on any atom is 0.143 e. The molecule has 0 heterocycles. The maximum absolute atomic E-state index is 9.17. The lowest BCUT2D eigenvalue weighted by Gasteiger charge is -2.15. The molecule has 2 aromatic rings. The summed E-state index contributed by atoms with van der Waals surface area (Å²) in [5, 5.41) is 12.9. The summed E-state index contributed by atoms with van der Waals surface area (Å²) in [5.41, 5.74) is 7.53. The Hall–Kier alpha value is -2.09. The van der Waals surface area contributed by atoms with Gasteiger partial charge in [0, 0.05) is 5.69 Å². The molecule has 102 valence electrons. The maximum atomic E-state index is 9.17. The highest BCUT2D eigenvalue weighted by atomic mass is 35.5. The number of methoxy groups -OCH3 is 1. The zero-order valence-corrected chi connectivity index (χ0v) is 12.1. The molecule has 0 saturated carbocycles. The summed E-state index contributed by atoms with van der Waals surface area (Å²) in [6, 6.07) is 10.4. The van der Waals surface area contributed by atoms with Crippen LogP contribution in [0.2, 0.25) is 10.0 Å². The van der Waals surface area contributed by atoms with Crippen molar-refractivity contribution in [2.45, 2.75) is 0 Å². The molecule has 2 rings (SSSR count). The van der Waals surface area contributed by atoms with Crippen LogP contribution in [0.1, 0.15) is 5.56 Å². The quantitative estimate of drug-likeness (QED) is 0.834. The van der Waals surface area contributed by atoms with Gasteiger partial charge in [-0.15, -0.1) is 0 Å². The van der Waals surface area contributed by atoms with E-state index in [1.165, 1.54) is 7.11 Å². The van der Waals surface area contributed by atoms with Gasteiger partial charge in [0.15, 0.2) is 0 Å². The van der Waals surface area contributed by atoms with Crippen LogP contribution in [0.5, 0.6) is 5.75 Å². The molecular weight excluding hydrogens is 297 g/mol. The molecule has 6 heteroatoms. The smallest absolute Gasteiger partial charge is 0.143 e. The van der Waals surface area contributed by atoms with Crippen LogP contribution < -0.4 is 15.8 Å². The minimum atomic E-state index is 0.366. The lowest BCUT2D eigenvalue weighted by Crippen LogP contribution is -1.99. The van der Waals surface area contributed by atoms with E-state index >= 15 is 0 Å². The van der Waals surface area contributed by atoms with Crippen molar-refractivity contribution in [1.29, 1.82) is 5.26 Å². The molecule has 0 radical (unpaired) electrons. The second-order valence-corrected chi connectivity index (χ2v) is 4.79. The minimum absolute atomic E-state index is 0.366. The van der Waals surface area contributed by atoms with Crippen LogP contribution in [-0.4, -0.2) is 7.11 Å². The van der Waals surface area contributed by atoms with Crippen molar-refractivity contribution in [2.24, 2.45) is 0 Å². The van der Waals surface area contributed by atoms with Crippen LogP contribution in [0.3, 0.4) is 0 Å². The van der Waals surface area contributed by atoms with Gasteiger partial charge in [0.2, 0.25) is 0 Å². The third kappa shape index (κ3) is 2.74. The molecule has 0 amide bonds. The number of nitrogen functional groups attached to an aromatic ring is 1. The van der Waals surface area contributed by atoms with Gasteiger partial charge in [-0.05, 0) is 24.3 Å². The highest BCUT2D eigenvalue weighted by Crippen LogP contribution is 2.38. The van der Waals surface area contributed by atoms with Gasteiger partial charge >= 0.3 is 0 Å². The average Bonchev–Trinajstić information content (AvgIpc) is 2.42. The van der Waals surface area contributed by atoms with Gasteiger partial charge in [0.25, 0.3) is 0 Å². The summed E-state index contributed by atoms with van der Waals surface area (Å²) in [7, 11) is 1.52. The van der Waals surface area contributed by atoms with E-state index in [1.54, 1.807) is 30.3 Å². The van der Waals surface area contributed by atoms with Gasteiger partial charge in [-0.1, -0.05) is 29.3 Å². The summed E-state index contributed by atoms with van der Waals surface area (Å²) in [6.07, 6.45) is 0. The van der Waals surface area contributed by atoms with Gasteiger partial charge < -0.3 is 15.8 Å². The molecule has 0 aliphatic rings. The van der Waals surface area contributed by atoms with E-state index in [2.05, 4.69) is 11.4 Å². The Morgan fingerprint density at radius 1 is 1.20 bits per heavy atom. The van der Waals surface area contributed by atoms with E-state index in [4.69, 9.17) is 38.9 Å². The molecule has 0 fully saturated rings. The first kappa shape index (κ1) is 14.3. The van der Waals surface area contributed by atoms with E-state index in [1.807, 2.05) is 0 Å². The van der Waals surface area contributed by atoms with Crippen molar-refractivity contribution < 1.29 is 4.74 Å². The van der Waals surface area contributed by atoms with Crippen molar-refractivity contribution in [3.05, 3.63) is 45.9 Å². The second kappa shape index (κ2) is 5.91. The normalized spacial score (nSPS) is 9.90. The van der Waals surface area contributed by atoms with Gasteiger partial charge in [0.05, 0.1) is 34.1 Å². The van der Waals surface area contributed by atoms with Crippen LogP contribution in [0.25, 0.3) is 0 Å². The van der Waals surface area contributed by atoms with E-state index in [-0.39, 0.29) is 0 Å². The predicted octanol–water partition coefficient (Wildman–Crippen LogP) is 4.20. The standard InChI is InChI=1S/C14H11Cl2N3O/c1-20-12-4-2-3-8(7-17)13(12)19-14-10(15)5-9(18)6-11(14)16/h2-6,19H,18H2,1H3. The van der Waals surface area contributed by atoms with Crippen molar-refractivity contribution in [3.63, 3.8) is 0 Å². The number of halogens is 2. The number of nitrogens with one attached hydrogen (secondary N) is 1. The highest BCUT2D eigenvalue weighted by Gasteiger charge is 2.13. The third-order valence-electron chi connectivity index (χ3n) is 2.68. The van der Waals surface area contributed by atoms with E-state index in [0.717, 1.165) is 0 Å². The zero-order chi connectivity index (χ0) is 14.7. The lowest BCUT2D eigenvalue weighted by atomic mass is 10.1. The molecule has 3 N–H and O–H groups in total. The number of nitriles is 1. The molecule has 0 atom stereocenters. The summed E-state index contributed by atoms with van der Waals surface area (Å²) in [4.78, 5) is 0. The minimum Gasteiger partial charge on any atom is -0.495 e. The number of nitrogens with two attached hydrogens (primary N) is 1. The summed E-state index contributed by atoms with van der Waals surface area (Å²) < 4.78 is 5.24. The van der Waals surface area contributed by atoms with E-state index < -0.39 is 0 Å². The number of para-hydroxylation sites is 1. The monoisotopic (exact) mass is 307 g/mol. The number of anilines is 3. The van der Waals surface area contributed by atoms with Crippen molar-refractivity contribution >= 4 is 40.3 Å². The number of ether oxygens (including phenoxy) is 1. The first-order valence-electron chi connectivity index (χ1n) is 5.65. The van der Waals surface area contributed by atoms with Crippen LogP contribution >= 0.6 is 23.2 Å². The lowest BCUT2D eigenvalue weighted by molar-refractivity contribution is 0.416. The van der Waals surface area contributed by atoms with Crippen LogP contribution in [0, 0.1) is 11.3 Å². The Labute approximate surface area is 126 Å². The average molecular weight is 308 g/mol. The van der Waals surface area contributed by atoms with Crippen molar-refractivity contribution in [1.82, 2.24) is 0 Å². The Balaban J connectivity index is 2.53. The summed E-state index contributed by atoms with van der Waals surface area (Å²) >= 11 is 12.3. The number of hydrogen-bond donors (Lipinski definition) is 2. The number of rotatable bonds is 3. The Kier molecular flexibility index (Phi) is 4.23. The van der Waals surface area contributed by atoms with E-state index in [0.29, 0.717) is 38.4 Å². The SMILES string of the molecule is COc1cccc(C#N)c1Nc1c(Cl)cc(N)cc1Cl. The van der Waals surface area contributed by atoms with Gasteiger partial charge in [-0.3, -0.25) is 0 Å². The first-order valence-corrected chi connectivity index (χ1v) is 6.41. The van der Waals surface area contributed by atoms with E-state index in [9.17, 15) is 0 Å². The highest BCUT2D eigenvalue weighted by molar-refractivity contribution is 6.39. The number of hydrogen-bond acceptors (Lipinski definition) is 4.